The predicted molar refractivity (Wildman–Crippen MR) is 87.8 cm³/mol. The van der Waals surface area contributed by atoms with Crippen LogP contribution in [0.25, 0.3) is 0 Å². The van der Waals surface area contributed by atoms with Crippen molar-refractivity contribution in [1.29, 1.82) is 0 Å². The lowest BCUT2D eigenvalue weighted by Crippen LogP contribution is -2.31. The molecule has 1 unspecified atom stereocenters. The van der Waals surface area contributed by atoms with Gasteiger partial charge in [-0.1, -0.05) is 30.3 Å². The minimum absolute atomic E-state index is 0.0877. The molecule has 0 fully saturated rings. The number of sulfone groups is 1. The molecule has 1 atom stereocenters. The van der Waals surface area contributed by atoms with E-state index in [9.17, 15) is 8.42 Å². The van der Waals surface area contributed by atoms with Gasteiger partial charge in [-0.25, -0.2) is 8.42 Å². The van der Waals surface area contributed by atoms with Crippen LogP contribution in [0, 0.1) is 0 Å². The van der Waals surface area contributed by atoms with E-state index in [1.807, 2.05) is 31.2 Å². The third-order valence-corrected chi connectivity index (χ3v) is 5.64. The van der Waals surface area contributed by atoms with E-state index in [-0.39, 0.29) is 6.54 Å². The highest BCUT2D eigenvalue weighted by Gasteiger charge is 2.26. The number of rotatable bonds is 7. The summed E-state index contributed by atoms with van der Waals surface area (Å²) in [6.45, 7) is 2.61. The molecule has 0 aliphatic rings. The van der Waals surface area contributed by atoms with Crippen molar-refractivity contribution in [2.24, 2.45) is 5.73 Å². The number of benzene rings is 2. The van der Waals surface area contributed by atoms with Crippen LogP contribution >= 0.6 is 0 Å². The summed E-state index contributed by atoms with van der Waals surface area (Å²) >= 11 is 0. The second kappa shape index (κ2) is 7.42. The number of hydrogen-bond donors (Lipinski definition) is 1. The van der Waals surface area contributed by atoms with Crippen molar-refractivity contribution in [1.82, 2.24) is 0 Å². The molecule has 0 aliphatic heterocycles. The Bertz CT molecular complexity index is 682. The second-order valence-electron chi connectivity index (χ2n) is 5.00. The van der Waals surface area contributed by atoms with Gasteiger partial charge >= 0.3 is 0 Å². The van der Waals surface area contributed by atoms with E-state index in [1.165, 1.54) is 0 Å². The standard InChI is InChI=1S/C17H21NO3S/c1-2-21-15-10-8-14(9-11-15)12-17(13-18)22(19,20)16-6-4-3-5-7-16/h3-11,17H,2,12-13,18H2,1H3. The van der Waals surface area contributed by atoms with E-state index in [2.05, 4.69) is 0 Å². The normalized spacial score (nSPS) is 12.8. The third-order valence-electron chi connectivity index (χ3n) is 3.47. The molecule has 2 N–H and O–H groups in total. The van der Waals surface area contributed by atoms with E-state index >= 15 is 0 Å². The zero-order valence-electron chi connectivity index (χ0n) is 12.6. The fourth-order valence-corrected chi connectivity index (χ4v) is 3.86. The van der Waals surface area contributed by atoms with Gasteiger partial charge in [-0.2, -0.15) is 0 Å². The highest BCUT2D eigenvalue weighted by molar-refractivity contribution is 7.92. The van der Waals surface area contributed by atoms with Crippen molar-refractivity contribution in [2.75, 3.05) is 13.2 Å². The highest BCUT2D eigenvalue weighted by Crippen LogP contribution is 2.20. The van der Waals surface area contributed by atoms with Crippen LogP contribution in [0.1, 0.15) is 12.5 Å². The topological polar surface area (TPSA) is 69.4 Å². The van der Waals surface area contributed by atoms with Crippen molar-refractivity contribution in [3.8, 4) is 5.75 Å². The monoisotopic (exact) mass is 319 g/mol. The molecular formula is C17H21NO3S. The van der Waals surface area contributed by atoms with E-state index in [1.54, 1.807) is 30.3 Å². The van der Waals surface area contributed by atoms with Crippen molar-refractivity contribution in [3.05, 3.63) is 60.2 Å². The van der Waals surface area contributed by atoms with Crippen LogP contribution in [0.3, 0.4) is 0 Å². The molecule has 0 radical (unpaired) electrons. The van der Waals surface area contributed by atoms with Crippen LogP contribution in [-0.2, 0) is 16.3 Å². The third kappa shape index (κ3) is 3.87. The lowest BCUT2D eigenvalue weighted by atomic mass is 10.1. The second-order valence-corrected chi connectivity index (χ2v) is 7.22. The van der Waals surface area contributed by atoms with E-state index in [0.29, 0.717) is 17.9 Å². The Morgan fingerprint density at radius 2 is 1.68 bits per heavy atom. The quantitative estimate of drug-likeness (QED) is 0.851. The maximum Gasteiger partial charge on any atom is 0.182 e. The van der Waals surface area contributed by atoms with Crippen LogP contribution in [0.15, 0.2) is 59.5 Å². The summed E-state index contributed by atoms with van der Waals surface area (Å²) in [5.74, 6) is 0.779. The Labute approximate surface area is 131 Å². The zero-order valence-corrected chi connectivity index (χ0v) is 13.4. The summed E-state index contributed by atoms with van der Waals surface area (Å²) in [6.07, 6.45) is 0.389. The zero-order chi connectivity index (χ0) is 16.0. The summed E-state index contributed by atoms with van der Waals surface area (Å²) in [6, 6.07) is 15.9. The van der Waals surface area contributed by atoms with Crippen LogP contribution in [-0.4, -0.2) is 26.8 Å². The van der Waals surface area contributed by atoms with Gasteiger partial charge in [-0.3, -0.25) is 0 Å². The highest BCUT2D eigenvalue weighted by atomic mass is 32.2. The average molecular weight is 319 g/mol. The molecule has 118 valence electrons. The van der Waals surface area contributed by atoms with Crippen molar-refractivity contribution >= 4 is 9.84 Å². The minimum atomic E-state index is -3.43. The summed E-state index contributed by atoms with van der Waals surface area (Å²) in [4.78, 5) is 0.316. The van der Waals surface area contributed by atoms with E-state index < -0.39 is 15.1 Å². The number of nitrogens with two attached hydrogens (primary N) is 1. The van der Waals surface area contributed by atoms with E-state index in [4.69, 9.17) is 10.5 Å². The molecule has 0 amide bonds. The first-order chi connectivity index (χ1) is 10.6. The van der Waals surface area contributed by atoms with Gasteiger partial charge < -0.3 is 10.5 Å². The molecule has 2 rings (SSSR count). The number of hydrogen-bond acceptors (Lipinski definition) is 4. The molecule has 0 aliphatic carbocycles. The molecule has 2 aromatic carbocycles. The maximum atomic E-state index is 12.6. The van der Waals surface area contributed by atoms with Crippen LogP contribution in [0.2, 0.25) is 0 Å². The largest absolute Gasteiger partial charge is 0.494 e. The van der Waals surface area contributed by atoms with Crippen molar-refractivity contribution < 1.29 is 13.2 Å². The first-order valence-electron chi connectivity index (χ1n) is 7.28. The fraction of sp³-hybridized carbons (Fsp3) is 0.294. The first-order valence-corrected chi connectivity index (χ1v) is 8.83. The van der Waals surface area contributed by atoms with Gasteiger partial charge in [0.2, 0.25) is 0 Å². The predicted octanol–water partition coefficient (Wildman–Crippen LogP) is 2.43. The summed E-state index contributed by atoms with van der Waals surface area (Å²) in [7, 11) is -3.43. The van der Waals surface area contributed by atoms with Gasteiger partial charge in [0.05, 0.1) is 16.8 Å². The van der Waals surface area contributed by atoms with Gasteiger partial charge in [0.15, 0.2) is 9.84 Å². The summed E-state index contributed by atoms with van der Waals surface area (Å²) < 4.78 is 30.7. The van der Waals surface area contributed by atoms with Crippen LogP contribution < -0.4 is 10.5 Å². The molecule has 0 spiro atoms. The Hall–Kier alpha value is -1.85. The van der Waals surface area contributed by atoms with E-state index in [0.717, 1.165) is 11.3 Å². The Morgan fingerprint density at radius 3 is 2.23 bits per heavy atom. The van der Waals surface area contributed by atoms with Gasteiger partial charge in [0.25, 0.3) is 0 Å². The Kier molecular flexibility index (Phi) is 5.57. The lowest BCUT2D eigenvalue weighted by Gasteiger charge is -2.16. The number of ether oxygens (including phenoxy) is 1. The smallest absolute Gasteiger partial charge is 0.182 e. The van der Waals surface area contributed by atoms with Crippen molar-refractivity contribution in [2.45, 2.75) is 23.5 Å². The van der Waals surface area contributed by atoms with Crippen LogP contribution in [0.4, 0.5) is 0 Å². The first kappa shape index (κ1) is 16.5. The molecular weight excluding hydrogens is 298 g/mol. The van der Waals surface area contributed by atoms with Gasteiger partial charge in [-0.05, 0) is 43.2 Å². The SMILES string of the molecule is CCOc1ccc(CC(CN)S(=O)(=O)c2ccccc2)cc1. The average Bonchev–Trinajstić information content (AvgIpc) is 2.55. The van der Waals surface area contributed by atoms with Gasteiger partial charge in [0, 0.05) is 6.54 Å². The molecule has 22 heavy (non-hydrogen) atoms. The Morgan fingerprint density at radius 1 is 1.05 bits per heavy atom. The molecule has 4 nitrogen and oxygen atoms in total. The maximum absolute atomic E-state index is 12.6. The molecule has 0 bridgehead atoms. The van der Waals surface area contributed by atoms with Gasteiger partial charge in [-0.15, -0.1) is 0 Å². The fourth-order valence-electron chi connectivity index (χ4n) is 2.27. The molecule has 0 heterocycles. The Balaban J connectivity index is 2.18. The van der Waals surface area contributed by atoms with Gasteiger partial charge in [0.1, 0.15) is 5.75 Å². The molecule has 0 aromatic heterocycles. The molecule has 0 saturated heterocycles. The molecule has 2 aromatic rings. The lowest BCUT2D eigenvalue weighted by molar-refractivity contribution is 0.340. The van der Waals surface area contributed by atoms with Crippen molar-refractivity contribution in [3.63, 3.8) is 0 Å². The summed E-state index contributed by atoms with van der Waals surface area (Å²) in [5, 5.41) is -0.632. The molecule has 0 saturated carbocycles. The summed E-state index contributed by atoms with van der Waals surface area (Å²) in [5.41, 5.74) is 6.65. The minimum Gasteiger partial charge on any atom is -0.494 e. The van der Waals surface area contributed by atoms with Crippen LogP contribution in [0.5, 0.6) is 5.75 Å². The molecule has 5 heteroatoms.